The Bertz CT molecular complexity index is 631. The van der Waals surface area contributed by atoms with E-state index in [0.29, 0.717) is 0 Å². The van der Waals surface area contributed by atoms with Crippen molar-refractivity contribution in [1.82, 2.24) is 41.7 Å². The van der Waals surface area contributed by atoms with Gasteiger partial charge >= 0.3 is 0 Å². The van der Waals surface area contributed by atoms with Gasteiger partial charge in [-0.15, -0.1) is 0 Å². The van der Waals surface area contributed by atoms with Crippen LogP contribution in [0.15, 0.2) is 24.3 Å². The Morgan fingerprint density at radius 2 is 0.675 bits per heavy atom. The van der Waals surface area contributed by atoms with Gasteiger partial charge in [0.2, 0.25) is 0 Å². The summed E-state index contributed by atoms with van der Waals surface area (Å²) in [6.45, 7) is 20.2. The van der Waals surface area contributed by atoms with Crippen LogP contribution in [0.1, 0.15) is 62.5 Å². The molecule has 0 atom stereocenters. The van der Waals surface area contributed by atoms with Crippen molar-refractivity contribution in [3.63, 3.8) is 0 Å². The molecule has 40 heavy (non-hydrogen) atoms. The zero-order valence-electron chi connectivity index (χ0n) is 25.6. The molecular weight excluding hydrogens is 496 g/mol. The van der Waals surface area contributed by atoms with Gasteiger partial charge in [-0.25, -0.2) is 0 Å². The molecule has 230 valence electrons. The lowest BCUT2D eigenvalue weighted by Gasteiger charge is -2.25. The maximum atomic E-state index is 3.65. The summed E-state index contributed by atoms with van der Waals surface area (Å²) in [6, 6.07) is 9.43. The predicted molar refractivity (Wildman–Crippen MR) is 171 cm³/mol. The third-order valence-electron chi connectivity index (χ3n) is 7.94. The maximum absolute atomic E-state index is 3.65. The van der Waals surface area contributed by atoms with E-state index in [4.69, 9.17) is 0 Å². The topological polar surface area (TPSA) is 78.7 Å². The molecule has 8 nitrogen and oxygen atoms in total. The Hall–Kier alpha value is -1.10. The van der Waals surface area contributed by atoms with Crippen molar-refractivity contribution in [2.24, 2.45) is 0 Å². The van der Waals surface area contributed by atoms with E-state index < -0.39 is 0 Å². The summed E-state index contributed by atoms with van der Waals surface area (Å²) in [5, 5.41) is 21.7. The number of hydrogen-bond acceptors (Lipinski definition) is 8. The van der Waals surface area contributed by atoms with Crippen LogP contribution >= 0.6 is 0 Å². The first-order chi connectivity index (χ1) is 19.9. The summed E-state index contributed by atoms with van der Waals surface area (Å²) in [5.41, 5.74) is 2.93. The van der Waals surface area contributed by atoms with Crippen LogP contribution in [0.4, 0.5) is 0 Å². The SMILES string of the molecule is c1cc(CN2CCCNCCCNCCCNCCC2)cc(CN2CCCNCCCNCCCNCCC2)c1. The van der Waals surface area contributed by atoms with Crippen LogP contribution in [-0.2, 0) is 13.1 Å². The van der Waals surface area contributed by atoms with Crippen molar-refractivity contribution >= 4 is 0 Å². The normalized spacial score (nSPS) is 23.0. The van der Waals surface area contributed by atoms with Gasteiger partial charge in [-0.3, -0.25) is 9.80 Å². The van der Waals surface area contributed by atoms with E-state index in [1.165, 1.54) is 62.5 Å². The second-order valence-electron chi connectivity index (χ2n) is 11.7. The largest absolute Gasteiger partial charge is 0.317 e. The molecule has 0 amide bonds. The molecule has 0 aromatic heterocycles. The van der Waals surface area contributed by atoms with E-state index in [2.05, 4.69) is 66.0 Å². The Balaban J connectivity index is 1.49. The van der Waals surface area contributed by atoms with Crippen LogP contribution in [0.5, 0.6) is 0 Å². The van der Waals surface area contributed by atoms with Crippen molar-refractivity contribution in [2.45, 2.75) is 64.5 Å². The lowest BCUT2D eigenvalue weighted by molar-refractivity contribution is 0.252. The molecule has 2 saturated heterocycles. The van der Waals surface area contributed by atoms with E-state index in [-0.39, 0.29) is 0 Å². The Kier molecular flexibility index (Phi) is 19.6. The molecule has 0 saturated carbocycles. The average Bonchev–Trinajstić information content (AvgIpc) is 2.95. The van der Waals surface area contributed by atoms with Gasteiger partial charge in [0.1, 0.15) is 0 Å². The first kappa shape index (κ1) is 33.4. The Labute approximate surface area is 246 Å². The first-order valence-corrected chi connectivity index (χ1v) is 16.7. The highest BCUT2D eigenvalue weighted by Gasteiger charge is 2.10. The maximum Gasteiger partial charge on any atom is 0.0233 e. The highest BCUT2D eigenvalue weighted by atomic mass is 15.1. The predicted octanol–water partition coefficient (Wildman–Crippen LogP) is 1.98. The number of hydrogen-bond donors (Lipinski definition) is 6. The zero-order chi connectivity index (χ0) is 27.8. The number of rotatable bonds is 4. The molecule has 2 heterocycles. The molecule has 2 fully saturated rings. The quantitative estimate of drug-likeness (QED) is 0.335. The molecule has 8 heteroatoms. The summed E-state index contributed by atoms with van der Waals surface area (Å²) in [6.07, 6.45) is 9.72. The van der Waals surface area contributed by atoms with Crippen molar-refractivity contribution in [1.29, 1.82) is 0 Å². The summed E-state index contributed by atoms with van der Waals surface area (Å²) >= 11 is 0. The third kappa shape index (κ3) is 17.0. The van der Waals surface area contributed by atoms with Crippen LogP contribution in [0.2, 0.25) is 0 Å². The van der Waals surface area contributed by atoms with Gasteiger partial charge in [0, 0.05) is 13.1 Å². The smallest absolute Gasteiger partial charge is 0.0233 e. The molecule has 0 bridgehead atoms. The summed E-state index contributed by atoms with van der Waals surface area (Å²) in [4.78, 5) is 5.35. The molecule has 1 aromatic carbocycles. The van der Waals surface area contributed by atoms with Gasteiger partial charge in [0.25, 0.3) is 0 Å². The van der Waals surface area contributed by atoms with Crippen molar-refractivity contribution in [2.75, 3.05) is 105 Å². The minimum absolute atomic E-state index is 1.06. The Morgan fingerprint density at radius 1 is 0.400 bits per heavy atom. The van der Waals surface area contributed by atoms with Gasteiger partial charge in [-0.05, 0) is 167 Å². The van der Waals surface area contributed by atoms with Crippen LogP contribution in [0.3, 0.4) is 0 Å². The van der Waals surface area contributed by atoms with Gasteiger partial charge in [0.05, 0.1) is 0 Å². The Morgan fingerprint density at radius 3 is 0.975 bits per heavy atom. The van der Waals surface area contributed by atoms with E-state index in [1.807, 2.05) is 0 Å². The van der Waals surface area contributed by atoms with Crippen molar-refractivity contribution < 1.29 is 0 Å². The van der Waals surface area contributed by atoms with Crippen LogP contribution in [-0.4, -0.2) is 115 Å². The zero-order valence-corrected chi connectivity index (χ0v) is 25.6. The van der Waals surface area contributed by atoms with Crippen molar-refractivity contribution in [3.8, 4) is 0 Å². The second kappa shape index (κ2) is 23.5. The van der Waals surface area contributed by atoms with Gasteiger partial charge in [-0.2, -0.15) is 0 Å². The molecule has 0 aliphatic carbocycles. The van der Waals surface area contributed by atoms with E-state index in [1.54, 1.807) is 0 Å². The minimum atomic E-state index is 1.06. The monoisotopic (exact) mass is 559 g/mol. The van der Waals surface area contributed by atoms with Crippen LogP contribution in [0, 0.1) is 0 Å². The number of nitrogens with zero attached hydrogens (tertiary/aromatic N) is 2. The lowest BCUT2D eigenvalue weighted by atomic mass is 10.1. The summed E-state index contributed by atoms with van der Waals surface area (Å²) < 4.78 is 0. The summed E-state index contributed by atoms with van der Waals surface area (Å²) in [7, 11) is 0. The van der Waals surface area contributed by atoms with Crippen LogP contribution < -0.4 is 31.9 Å². The molecule has 2 aliphatic rings. The fourth-order valence-corrected chi connectivity index (χ4v) is 5.70. The van der Waals surface area contributed by atoms with Crippen molar-refractivity contribution in [3.05, 3.63) is 35.4 Å². The lowest BCUT2D eigenvalue weighted by Crippen LogP contribution is -2.32. The van der Waals surface area contributed by atoms with E-state index in [9.17, 15) is 0 Å². The minimum Gasteiger partial charge on any atom is -0.317 e. The summed E-state index contributed by atoms with van der Waals surface area (Å²) in [5.74, 6) is 0. The van der Waals surface area contributed by atoms with Gasteiger partial charge in [-0.1, -0.05) is 24.3 Å². The van der Waals surface area contributed by atoms with Gasteiger partial charge in [0.15, 0.2) is 0 Å². The fraction of sp³-hybridized carbons (Fsp3) is 0.812. The third-order valence-corrected chi connectivity index (χ3v) is 7.94. The molecule has 3 rings (SSSR count). The first-order valence-electron chi connectivity index (χ1n) is 16.7. The standard InChI is InChI=1S/C32H62N8/c1-10-31(29-39-24-6-20-35-16-2-12-33-13-3-17-36-21-7-25-39)28-32(11-1)30-40-26-8-22-37-18-4-14-34-15-5-19-38-23-9-27-40/h1,10-11,28,33-38H,2-9,12-27,29-30H2. The molecule has 0 unspecified atom stereocenters. The number of benzene rings is 1. The van der Waals surface area contributed by atoms with E-state index in [0.717, 1.165) is 118 Å². The molecular formula is C32H62N8. The molecule has 1 aromatic rings. The number of nitrogens with one attached hydrogen (secondary N) is 6. The highest BCUT2D eigenvalue weighted by molar-refractivity contribution is 5.23. The highest BCUT2D eigenvalue weighted by Crippen LogP contribution is 2.12. The molecule has 6 N–H and O–H groups in total. The van der Waals surface area contributed by atoms with Crippen LogP contribution in [0.25, 0.3) is 0 Å². The molecule has 0 radical (unpaired) electrons. The second-order valence-corrected chi connectivity index (χ2v) is 11.7. The molecule has 2 aliphatic heterocycles. The average molecular weight is 559 g/mol. The fourth-order valence-electron chi connectivity index (χ4n) is 5.70. The van der Waals surface area contributed by atoms with Gasteiger partial charge < -0.3 is 31.9 Å². The molecule has 0 spiro atoms. The van der Waals surface area contributed by atoms with E-state index >= 15 is 0 Å².